The van der Waals surface area contributed by atoms with Crippen molar-refractivity contribution in [2.45, 2.75) is 6.54 Å². The number of nitrogens with one attached hydrogen (secondary N) is 1. The number of amides is 2. The molecule has 0 bridgehead atoms. The van der Waals surface area contributed by atoms with E-state index in [9.17, 15) is 4.79 Å². The van der Waals surface area contributed by atoms with Crippen molar-refractivity contribution < 1.29 is 4.79 Å². The van der Waals surface area contributed by atoms with E-state index in [2.05, 4.69) is 20.3 Å². The maximum absolute atomic E-state index is 12.1. The number of carbonyl (C=O) groups is 1. The Morgan fingerprint density at radius 2 is 1.95 bits per heavy atom. The molecule has 110 valence electrons. The van der Waals surface area contributed by atoms with Gasteiger partial charge in [0.25, 0.3) is 0 Å². The van der Waals surface area contributed by atoms with Gasteiger partial charge in [-0.15, -0.1) is 0 Å². The van der Waals surface area contributed by atoms with Crippen LogP contribution in [0.4, 0.5) is 16.3 Å². The maximum atomic E-state index is 12.1. The molecule has 21 heavy (non-hydrogen) atoms. The molecule has 0 saturated heterocycles. The van der Waals surface area contributed by atoms with E-state index in [1.807, 2.05) is 31.1 Å². The molecule has 2 amide bonds. The average molecular weight is 286 g/mol. The van der Waals surface area contributed by atoms with E-state index in [1.54, 1.807) is 31.8 Å². The molecule has 7 nitrogen and oxygen atoms in total. The number of hydrogen-bond donors (Lipinski definition) is 1. The third-order valence-electron chi connectivity index (χ3n) is 2.82. The van der Waals surface area contributed by atoms with Crippen LogP contribution in [-0.2, 0) is 6.54 Å². The van der Waals surface area contributed by atoms with Gasteiger partial charge in [-0.05, 0) is 12.1 Å². The predicted molar refractivity (Wildman–Crippen MR) is 81.1 cm³/mol. The first-order valence-electron chi connectivity index (χ1n) is 6.46. The van der Waals surface area contributed by atoms with Gasteiger partial charge in [0, 0.05) is 33.5 Å². The standard InChI is InChI=1S/C14H18N6O/c1-19(2)13-5-4-11(9-17-13)18-14(21)20(3)10-12-8-15-6-7-16-12/h4-9H,10H2,1-3H3,(H,18,21). The van der Waals surface area contributed by atoms with Crippen molar-refractivity contribution in [3.05, 3.63) is 42.6 Å². The summed E-state index contributed by atoms with van der Waals surface area (Å²) in [5.74, 6) is 0.834. The summed E-state index contributed by atoms with van der Waals surface area (Å²) in [5.41, 5.74) is 1.38. The van der Waals surface area contributed by atoms with Crippen LogP contribution in [0.5, 0.6) is 0 Å². The Bertz CT molecular complexity index is 584. The number of pyridine rings is 1. The lowest BCUT2D eigenvalue weighted by atomic mass is 10.4. The summed E-state index contributed by atoms with van der Waals surface area (Å²) in [5, 5.41) is 2.79. The Hall–Kier alpha value is -2.70. The summed E-state index contributed by atoms with van der Waals surface area (Å²) in [7, 11) is 5.52. The van der Waals surface area contributed by atoms with E-state index >= 15 is 0 Å². The molecule has 0 aliphatic carbocycles. The Balaban J connectivity index is 1.94. The van der Waals surface area contributed by atoms with Gasteiger partial charge in [-0.25, -0.2) is 9.78 Å². The van der Waals surface area contributed by atoms with Crippen molar-refractivity contribution in [3.8, 4) is 0 Å². The van der Waals surface area contributed by atoms with Gasteiger partial charge in [0.1, 0.15) is 5.82 Å². The van der Waals surface area contributed by atoms with Crippen LogP contribution in [0.1, 0.15) is 5.69 Å². The molecule has 0 radical (unpaired) electrons. The normalized spacial score (nSPS) is 10.0. The smallest absolute Gasteiger partial charge is 0.321 e. The fourth-order valence-electron chi connectivity index (χ4n) is 1.67. The van der Waals surface area contributed by atoms with Crippen LogP contribution in [0.2, 0.25) is 0 Å². The summed E-state index contributed by atoms with van der Waals surface area (Å²) in [6.07, 6.45) is 6.47. The summed E-state index contributed by atoms with van der Waals surface area (Å²) in [6.45, 7) is 0.392. The molecule has 0 atom stereocenters. The fourth-order valence-corrected chi connectivity index (χ4v) is 1.67. The van der Waals surface area contributed by atoms with E-state index in [-0.39, 0.29) is 6.03 Å². The second kappa shape index (κ2) is 6.65. The molecule has 0 unspecified atom stereocenters. The number of aromatic nitrogens is 3. The molecule has 2 aromatic rings. The van der Waals surface area contributed by atoms with Crippen LogP contribution in [0, 0.1) is 0 Å². The highest BCUT2D eigenvalue weighted by atomic mass is 16.2. The van der Waals surface area contributed by atoms with E-state index in [0.29, 0.717) is 12.2 Å². The molecule has 2 aromatic heterocycles. The molecule has 2 heterocycles. The van der Waals surface area contributed by atoms with E-state index in [0.717, 1.165) is 11.5 Å². The number of nitrogens with zero attached hydrogens (tertiary/aromatic N) is 5. The van der Waals surface area contributed by atoms with Gasteiger partial charge in [0.15, 0.2) is 0 Å². The van der Waals surface area contributed by atoms with E-state index in [4.69, 9.17) is 0 Å². The highest BCUT2D eigenvalue weighted by molar-refractivity contribution is 5.88. The lowest BCUT2D eigenvalue weighted by Gasteiger charge is -2.17. The third kappa shape index (κ3) is 4.13. The molecule has 0 fully saturated rings. The highest BCUT2D eigenvalue weighted by Crippen LogP contribution is 2.12. The minimum absolute atomic E-state index is 0.222. The first-order valence-corrected chi connectivity index (χ1v) is 6.46. The van der Waals surface area contributed by atoms with Crippen LogP contribution in [0.25, 0.3) is 0 Å². The van der Waals surface area contributed by atoms with Gasteiger partial charge in [-0.1, -0.05) is 0 Å². The topological polar surface area (TPSA) is 74.2 Å². The number of carbonyl (C=O) groups excluding carboxylic acids is 1. The van der Waals surface area contributed by atoms with Crippen LogP contribution in [0.15, 0.2) is 36.9 Å². The Morgan fingerprint density at radius 3 is 2.52 bits per heavy atom. The number of anilines is 2. The lowest BCUT2D eigenvalue weighted by Crippen LogP contribution is -2.31. The van der Waals surface area contributed by atoms with E-state index in [1.165, 1.54) is 4.90 Å². The van der Waals surface area contributed by atoms with Crippen molar-refractivity contribution in [1.29, 1.82) is 0 Å². The molecular formula is C14H18N6O. The number of rotatable bonds is 4. The zero-order valence-corrected chi connectivity index (χ0v) is 12.3. The van der Waals surface area contributed by atoms with E-state index < -0.39 is 0 Å². The summed E-state index contributed by atoms with van der Waals surface area (Å²) in [4.78, 5) is 27.8. The lowest BCUT2D eigenvalue weighted by molar-refractivity contribution is 0.220. The Morgan fingerprint density at radius 1 is 1.14 bits per heavy atom. The summed E-state index contributed by atoms with van der Waals surface area (Å²) >= 11 is 0. The number of hydrogen-bond acceptors (Lipinski definition) is 5. The van der Waals surface area contributed by atoms with Crippen molar-refractivity contribution in [3.63, 3.8) is 0 Å². The van der Waals surface area contributed by atoms with Gasteiger partial charge in [0.05, 0.1) is 30.3 Å². The van der Waals surface area contributed by atoms with Crippen LogP contribution < -0.4 is 10.2 Å². The minimum Gasteiger partial charge on any atom is -0.363 e. The molecule has 7 heteroatoms. The quantitative estimate of drug-likeness (QED) is 0.924. The van der Waals surface area contributed by atoms with Crippen LogP contribution in [-0.4, -0.2) is 47.0 Å². The van der Waals surface area contributed by atoms with Gasteiger partial charge < -0.3 is 15.1 Å². The zero-order valence-electron chi connectivity index (χ0n) is 12.3. The van der Waals surface area contributed by atoms with Gasteiger partial charge >= 0.3 is 6.03 Å². The van der Waals surface area contributed by atoms with Gasteiger partial charge in [-0.3, -0.25) is 9.97 Å². The Labute approximate surface area is 123 Å². The molecule has 0 spiro atoms. The van der Waals surface area contributed by atoms with Crippen molar-refractivity contribution in [1.82, 2.24) is 19.9 Å². The largest absolute Gasteiger partial charge is 0.363 e. The summed E-state index contributed by atoms with van der Waals surface area (Å²) < 4.78 is 0. The van der Waals surface area contributed by atoms with Gasteiger partial charge in [-0.2, -0.15) is 0 Å². The third-order valence-corrected chi connectivity index (χ3v) is 2.82. The molecule has 0 saturated carbocycles. The highest BCUT2D eigenvalue weighted by Gasteiger charge is 2.10. The second-order valence-electron chi connectivity index (χ2n) is 4.78. The zero-order chi connectivity index (χ0) is 15.2. The van der Waals surface area contributed by atoms with Crippen molar-refractivity contribution >= 4 is 17.5 Å². The first-order chi connectivity index (χ1) is 10.1. The maximum Gasteiger partial charge on any atom is 0.321 e. The monoisotopic (exact) mass is 286 g/mol. The summed E-state index contributed by atoms with van der Waals surface area (Å²) in [6, 6.07) is 3.44. The Kier molecular flexibility index (Phi) is 4.65. The van der Waals surface area contributed by atoms with Crippen molar-refractivity contribution in [2.24, 2.45) is 0 Å². The van der Waals surface area contributed by atoms with Crippen LogP contribution in [0.3, 0.4) is 0 Å². The number of urea groups is 1. The molecule has 0 aliphatic heterocycles. The molecule has 0 aliphatic rings. The SMILES string of the molecule is CN(Cc1cnccn1)C(=O)Nc1ccc(N(C)C)nc1. The molecule has 2 rings (SSSR count). The molecular weight excluding hydrogens is 268 g/mol. The van der Waals surface area contributed by atoms with Crippen LogP contribution >= 0.6 is 0 Å². The van der Waals surface area contributed by atoms with Gasteiger partial charge in [0.2, 0.25) is 0 Å². The molecule has 0 aromatic carbocycles. The minimum atomic E-state index is -0.222. The second-order valence-corrected chi connectivity index (χ2v) is 4.78. The predicted octanol–water partition coefficient (Wildman–Crippen LogP) is 1.60. The molecule has 1 N–H and O–H groups in total. The average Bonchev–Trinajstić information content (AvgIpc) is 2.48. The fraction of sp³-hybridized carbons (Fsp3) is 0.286. The first kappa shape index (κ1) is 14.7. The van der Waals surface area contributed by atoms with Crippen molar-refractivity contribution in [2.75, 3.05) is 31.4 Å².